The third-order valence-electron chi connectivity index (χ3n) is 16.7. The second kappa shape index (κ2) is 32.1. The van der Waals surface area contributed by atoms with E-state index < -0.39 is 0 Å². The highest BCUT2D eigenvalue weighted by atomic mass is 14.9. The summed E-state index contributed by atoms with van der Waals surface area (Å²) in [5, 5.41) is 0. The Bertz CT molecular complexity index is 4940. The van der Waals surface area contributed by atoms with Crippen LogP contribution >= 0.6 is 0 Å². The first kappa shape index (κ1) is 65.6. The first-order chi connectivity index (χ1) is 49.2. The average Bonchev–Trinajstić information content (AvgIpc) is 0.848. The van der Waals surface area contributed by atoms with Crippen molar-refractivity contribution < 1.29 is 0 Å². The van der Waals surface area contributed by atoms with Gasteiger partial charge in [-0.2, -0.15) is 0 Å². The minimum Gasteiger partial charge on any atom is -0.233 e. The Morgan fingerprint density at radius 2 is 0.340 bits per heavy atom. The second-order valence-electron chi connectivity index (χ2n) is 24.1. The Morgan fingerprint density at radius 3 is 0.650 bits per heavy atom. The molecule has 0 radical (unpaired) electrons. The van der Waals surface area contributed by atoms with Crippen molar-refractivity contribution in [2.24, 2.45) is 0 Å². The number of hydrogen-bond donors (Lipinski definition) is 0. The SMILES string of the molecule is Cc1cc(-c2ccc(-c3ccccc3)cc2)nc(-c2ccccc2)n1.Cc1cc(-c2cccc(-c3ccccc3)c2)nc(-c2ccccc2)n1.Cc1nc(-c2ccccc2)cc(-c2ccc(-c3ccccc3)cc2)n1.Cc1nc(-c2ccccc2)cc(-c2cccc(-c3ccccc3)c2)n1. The fourth-order valence-corrected chi connectivity index (χ4v) is 11.7. The van der Waals surface area contributed by atoms with E-state index >= 15 is 0 Å². The van der Waals surface area contributed by atoms with E-state index in [-0.39, 0.29) is 0 Å². The summed E-state index contributed by atoms with van der Waals surface area (Å²) in [6, 6.07) is 125. The van der Waals surface area contributed by atoms with Gasteiger partial charge in [0.2, 0.25) is 0 Å². The molecule has 100 heavy (non-hydrogen) atoms. The molecule has 0 aliphatic heterocycles. The van der Waals surface area contributed by atoms with Gasteiger partial charge in [-0.3, -0.25) is 0 Å². The lowest BCUT2D eigenvalue weighted by atomic mass is 10.0. The maximum absolute atomic E-state index is 4.80. The highest BCUT2D eigenvalue weighted by Gasteiger charge is 2.13. The maximum Gasteiger partial charge on any atom is 0.160 e. The molecule has 0 aliphatic rings. The van der Waals surface area contributed by atoms with Crippen LogP contribution in [0.15, 0.2) is 364 Å². The summed E-state index contributed by atoms with van der Waals surface area (Å²) in [5.41, 5.74) is 26.0. The van der Waals surface area contributed by atoms with Gasteiger partial charge in [-0.05, 0) is 109 Å². The minimum absolute atomic E-state index is 0.765. The van der Waals surface area contributed by atoms with Gasteiger partial charge in [0.05, 0.1) is 34.2 Å². The Balaban J connectivity index is 0.000000119. The molecular formula is C92H72N8. The standard InChI is InChI=1S/4C23H18N2/c1-17-24-22(19-11-6-3-7-12-19)16-23(25-17)21-14-8-13-20(15-21)18-9-4-2-5-10-18;1-17-15-22(25-23(24-17)19-11-6-3-7-12-19)21-14-8-13-20(16-21)18-9-4-2-5-10-18;1-17-24-22(20-10-6-3-7-11-20)16-23(25-17)21-14-12-19(13-15-21)18-8-4-2-5-9-18;1-17-16-22(25-23(24-17)21-10-6-3-7-11-21)20-14-12-19(13-15-20)18-8-4-2-5-9-18/h4*2-16H,1H3. The molecule has 12 aromatic carbocycles. The third kappa shape index (κ3) is 17.1. The van der Waals surface area contributed by atoms with Gasteiger partial charge in [-0.1, -0.05) is 328 Å². The van der Waals surface area contributed by atoms with Crippen LogP contribution < -0.4 is 0 Å². The molecule has 0 atom stereocenters. The van der Waals surface area contributed by atoms with Crippen molar-refractivity contribution >= 4 is 0 Å². The van der Waals surface area contributed by atoms with Crippen molar-refractivity contribution in [3.05, 3.63) is 387 Å². The van der Waals surface area contributed by atoms with Crippen LogP contribution in [0, 0.1) is 27.7 Å². The van der Waals surface area contributed by atoms with Crippen LogP contribution in [0.5, 0.6) is 0 Å². The van der Waals surface area contributed by atoms with Gasteiger partial charge in [0, 0.05) is 55.9 Å². The largest absolute Gasteiger partial charge is 0.233 e. The summed E-state index contributed by atoms with van der Waals surface area (Å²) in [5.74, 6) is 3.09. The topological polar surface area (TPSA) is 103 Å². The monoisotopic (exact) mass is 1290 g/mol. The van der Waals surface area contributed by atoms with Gasteiger partial charge < -0.3 is 0 Å². The Kier molecular flexibility index (Phi) is 21.1. The predicted octanol–water partition coefficient (Wildman–Crippen LogP) is 23.1. The fourth-order valence-electron chi connectivity index (χ4n) is 11.7. The highest BCUT2D eigenvalue weighted by molar-refractivity contribution is 5.77. The number of aryl methyl sites for hydroxylation is 4. The molecule has 4 heterocycles. The van der Waals surface area contributed by atoms with E-state index in [1.54, 1.807) is 0 Å². The van der Waals surface area contributed by atoms with Crippen molar-refractivity contribution in [1.82, 2.24) is 39.9 Å². The van der Waals surface area contributed by atoms with Gasteiger partial charge in [-0.25, -0.2) is 39.9 Å². The molecule has 8 nitrogen and oxygen atoms in total. The number of rotatable bonds is 12. The lowest BCUT2D eigenvalue weighted by Gasteiger charge is -2.08. The minimum atomic E-state index is 0.765. The van der Waals surface area contributed by atoms with E-state index in [4.69, 9.17) is 9.97 Å². The molecule has 16 rings (SSSR count). The van der Waals surface area contributed by atoms with E-state index in [1.807, 2.05) is 161 Å². The van der Waals surface area contributed by atoms with E-state index in [0.717, 1.165) is 113 Å². The molecule has 0 amide bonds. The van der Waals surface area contributed by atoms with E-state index in [2.05, 4.69) is 260 Å². The molecule has 0 fully saturated rings. The zero-order chi connectivity index (χ0) is 68.2. The lowest BCUT2D eigenvalue weighted by molar-refractivity contribution is 1.06. The van der Waals surface area contributed by atoms with Gasteiger partial charge in [0.25, 0.3) is 0 Å². The van der Waals surface area contributed by atoms with Crippen molar-refractivity contribution in [2.45, 2.75) is 27.7 Å². The van der Waals surface area contributed by atoms with Crippen LogP contribution in [-0.4, -0.2) is 39.9 Å². The van der Waals surface area contributed by atoms with Crippen LogP contribution in [0.3, 0.4) is 0 Å². The first-order valence-corrected chi connectivity index (χ1v) is 33.5. The number of aromatic nitrogens is 8. The van der Waals surface area contributed by atoms with Gasteiger partial charge in [-0.15, -0.1) is 0 Å². The smallest absolute Gasteiger partial charge is 0.160 e. The Labute approximate surface area is 586 Å². The first-order valence-electron chi connectivity index (χ1n) is 33.5. The predicted molar refractivity (Wildman–Crippen MR) is 412 cm³/mol. The van der Waals surface area contributed by atoms with Gasteiger partial charge >= 0.3 is 0 Å². The zero-order valence-electron chi connectivity index (χ0n) is 56.2. The molecule has 0 saturated heterocycles. The summed E-state index contributed by atoms with van der Waals surface area (Å²) in [6.07, 6.45) is 0. The summed E-state index contributed by atoms with van der Waals surface area (Å²) in [4.78, 5) is 37.2. The summed E-state index contributed by atoms with van der Waals surface area (Å²) < 4.78 is 0. The van der Waals surface area contributed by atoms with Crippen molar-refractivity contribution in [3.63, 3.8) is 0 Å². The zero-order valence-corrected chi connectivity index (χ0v) is 56.2. The van der Waals surface area contributed by atoms with Crippen LogP contribution in [0.2, 0.25) is 0 Å². The van der Waals surface area contributed by atoms with E-state index in [0.29, 0.717) is 0 Å². The molecule has 0 saturated carbocycles. The van der Waals surface area contributed by atoms with E-state index in [1.165, 1.54) is 44.5 Å². The quantitative estimate of drug-likeness (QED) is 0.119. The number of nitrogens with zero attached hydrogens (tertiary/aromatic N) is 8. The molecule has 0 unspecified atom stereocenters. The number of benzene rings is 12. The molecule has 0 bridgehead atoms. The van der Waals surface area contributed by atoms with Crippen LogP contribution in [-0.2, 0) is 0 Å². The number of hydrogen-bond acceptors (Lipinski definition) is 8. The van der Waals surface area contributed by atoms with Crippen LogP contribution in [0.25, 0.3) is 135 Å². The molecule has 8 heteroatoms. The lowest BCUT2D eigenvalue weighted by Crippen LogP contribution is -1.95. The second-order valence-corrected chi connectivity index (χ2v) is 24.1. The molecule has 0 spiro atoms. The molecule has 16 aromatic rings. The highest BCUT2D eigenvalue weighted by Crippen LogP contribution is 2.32. The maximum atomic E-state index is 4.80. The van der Waals surface area contributed by atoms with Crippen molar-refractivity contribution in [1.29, 1.82) is 0 Å². The van der Waals surface area contributed by atoms with Crippen molar-refractivity contribution in [2.75, 3.05) is 0 Å². The van der Waals surface area contributed by atoms with Gasteiger partial charge in [0.1, 0.15) is 11.6 Å². The Morgan fingerprint density at radius 1 is 0.140 bits per heavy atom. The summed E-state index contributed by atoms with van der Waals surface area (Å²) in [7, 11) is 0. The van der Waals surface area contributed by atoms with Gasteiger partial charge in [0.15, 0.2) is 11.6 Å². The summed E-state index contributed by atoms with van der Waals surface area (Å²) in [6.45, 7) is 7.90. The molecule has 4 aromatic heterocycles. The van der Waals surface area contributed by atoms with E-state index in [9.17, 15) is 0 Å². The fraction of sp³-hybridized carbons (Fsp3) is 0.0435. The Hall–Kier alpha value is -13.0. The molecular weight excluding hydrogens is 1220 g/mol. The van der Waals surface area contributed by atoms with Crippen molar-refractivity contribution in [3.8, 4) is 135 Å². The molecule has 0 aliphatic carbocycles. The molecule has 0 N–H and O–H groups in total. The normalized spacial score (nSPS) is 10.6. The van der Waals surface area contributed by atoms with Crippen LogP contribution in [0.1, 0.15) is 23.0 Å². The third-order valence-corrected chi connectivity index (χ3v) is 16.7. The molecule has 480 valence electrons. The van der Waals surface area contributed by atoms with Crippen LogP contribution in [0.4, 0.5) is 0 Å². The average molecular weight is 1290 g/mol. The summed E-state index contributed by atoms with van der Waals surface area (Å²) >= 11 is 0.